The molecule has 1 unspecified atom stereocenters. The summed E-state index contributed by atoms with van der Waals surface area (Å²) in [4.78, 5) is 11.8. The first-order valence-electron chi connectivity index (χ1n) is 6.39. The van der Waals surface area contributed by atoms with E-state index in [1.54, 1.807) is 18.2 Å². The quantitative estimate of drug-likeness (QED) is 0.889. The van der Waals surface area contributed by atoms with Gasteiger partial charge in [0.05, 0.1) is 10.6 Å². The van der Waals surface area contributed by atoms with Crippen molar-refractivity contribution in [3.8, 4) is 6.07 Å². The van der Waals surface area contributed by atoms with Gasteiger partial charge in [0.1, 0.15) is 6.07 Å². The molecule has 100 valence electrons. The Morgan fingerprint density at radius 1 is 1.58 bits per heavy atom. The van der Waals surface area contributed by atoms with E-state index in [1.807, 2.05) is 6.07 Å². The van der Waals surface area contributed by atoms with Crippen molar-refractivity contribution in [2.45, 2.75) is 19.3 Å². The molecule has 0 radical (unpaired) electrons. The molecule has 4 nitrogen and oxygen atoms in total. The van der Waals surface area contributed by atoms with E-state index in [1.165, 1.54) is 0 Å². The van der Waals surface area contributed by atoms with Crippen molar-refractivity contribution in [1.82, 2.24) is 5.32 Å². The topological polar surface area (TPSA) is 64.9 Å². The normalized spacial score (nSPS) is 18.0. The number of rotatable bonds is 4. The molecule has 1 fully saturated rings. The van der Waals surface area contributed by atoms with Gasteiger partial charge in [-0.2, -0.15) is 5.26 Å². The number of halogens is 1. The molecule has 1 saturated heterocycles. The van der Waals surface area contributed by atoms with Crippen LogP contribution in [0.2, 0.25) is 5.02 Å². The molecule has 0 spiro atoms. The number of benzene rings is 1. The second-order valence-electron chi connectivity index (χ2n) is 4.75. The van der Waals surface area contributed by atoms with Crippen LogP contribution in [0.4, 0.5) is 5.69 Å². The largest absolute Gasteiger partial charge is 0.326 e. The molecule has 5 heteroatoms. The lowest BCUT2D eigenvalue weighted by molar-refractivity contribution is -0.116. The summed E-state index contributed by atoms with van der Waals surface area (Å²) >= 11 is 5.84. The minimum Gasteiger partial charge on any atom is -0.326 e. The first kappa shape index (κ1) is 13.9. The van der Waals surface area contributed by atoms with Crippen LogP contribution in [0.5, 0.6) is 0 Å². The maximum absolute atomic E-state index is 11.8. The third kappa shape index (κ3) is 3.95. The van der Waals surface area contributed by atoms with Crippen LogP contribution in [-0.4, -0.2) is 19.0 Å². The highest BCUT2D eigenvalue weighted by Gasteiger charge is 2.15. The van der Waals surface area contributed by atoms with Crippen LogP contribution >= 0.6 is 11.6 Å². The Morgan fingerprint density at radius 2 is 2.42 bits per heavy atom. The second-order valence-corrected chi connectivity index (χ2v) is 5.16. The van der Waals surface area contributed by atoms with Gasteiger partial charge in [-0.3, -0.25) is 4.79 Å². The smallest absolute Gasteiger partial charge is 0.224 e. The van der Waals surface area contributed by atoms with Gasteiger partial charge in [0.25, 0.3) is 0 Å². The summed E-state index contributed by atoms with van der Waals surface area (Å²) in [6.45, 7) is 2.06. The third-order valence-corrected chi connectivity index (χ3v) is 3.64. The molecule has 1 aromatic carbocycles. The van der Waals surface area contributed by atoms with Gasteiger partial charge in [0.2, 0.25) is 5.91 Å². The molecule has 0 saturated carbocycles. The number of carbonyl (C=O) groups excluding carboxylic acids is 1. The van der Waals surface area contributed by atoms with Gasteiger partial charge in [0.15, 0.2) is 0 Å². The number of nitrogens with one attached hydrogen (secondary N) is 2. The number of carbonyl (C=O) groups is 1. The van der Waals surface area contributed by atoms with E-state index >= 15 is 0 Å². The van der Waals surface area contributed by atoms with Crippen LogP contribution in [0.1, 0.15) is 24.8 Å². The first-order valence-corrected chi connectivity index (χ1v) is 6.77. The van der Waals surface area contributed by atoms with Crippen LogP contribution in [0.25, 0.3) is 0 Å². The fraction of sp³-hybridized carbons (Fsp3) is 0.429. The van der Waals surface area contributed by atoms with Crippen molar-refractivity contribution in [2.75, 3.05) is 18.4 Å². The third-order valence-electron chi connectivity index (χ3n) is 3.31. The molecule has 0 bridgehead atoms. The summed E-state index contributed by atoms with van der Waals surface area (Å²) in [6, 6.07) is 6.92. The molecule has 1 amide bonds. The molecule has 1 heterocycles. The molecule has 19 heavy (non-hydrogen) atoms. The number of amides is 1. The number of hydrogen-bond acceptors (Lipinski definition) is 3. The number of nitriles is 1. The molecule has 0 aliphatic carbocycles. The van der Waals surface area contributed by atoms with Crippen molar-refractivity contribution in [2.24, 2.45) is 5.92 Å². The van der Waals surface area contributed by atoms with E-state index in [-0.39, 0.29) is 5.91 Å². The summed E-state index contributed by atoms with van der Waals surface area (Å²) in [6.07, 6.45) is 2.56. The fourth-order valence-electron chi connectivity index (χ4n) is 2.21. The summed E-state index contributed by atoms with van der Waals surface area (Å²) < 4.78 is 0. The standard InChI is InChI=1S/C14H16ClN3O/c15-13-3-2-12(7-11(13)8-16)18-14(19)4-1-10-5-6-17-9-10/h2-3,7,10,17H,1,4-6,9H2,(H,18,19). The van der Waals surface area contributed by atoms with Gasteiger partial charge in [-0.15, -0.1) is 0 Å². The van der Waals surface area contributed by atoms with E-state index < -0.39 is 0 Å². The van der Waals surface area contributed by atoms with E-state index in [2.05, 4.69) is 10.6 Å². The Kier molecular flexibility index (Phi) is 4.78. The van der Waals surface area contributed by atoms with Crippen molar-refractivity contribution in [1.29, 1.82) is 5.26 Å². The number of nitrogens with zero attached hydrogens (tertiary/aromatic N) is 1. The SMILES string of the molecule is N#Cc1cc(NC(=O)CCC2CCNC2)ccc1Cl. The van der Waals surface area contributed by atoms with Crippen molar-refractivity contribution in [3.63, 3.8) is 0 Å². The predicted molar refractivity (Wildman–Crippen MR) is 75.0 cm³/mol. The van der Waals surface area contributed by atoms with Crippen LogP contribution < -0.4 is 10.6 Å². The Balaban J connectivity index is 1.86. The minimum absolute atomic E-state index is 0.0156. The van der Waals surface area contributed by atoms with Crippen molar-refractivity contribution in [3.05, 3.63) is 28.8 Å². The molecule has 1 atom stereocenters. The highest BCUT2D eigenvalue weighted by molar-refractivity contribution is 6.31. The van der Waals surface area contributed by atoms with Crippen LogP contribution in [0.3, 0.4) is 0 Å². The zero-order chi connectivity index (χ0) is 13.7. The van der Waals surface area contributed by atoms with Gasteiger partial charge >= 0.3 is 0 Å². The van der Waals surface area contributed by atoms with E-state index in [0.29, 0.717) is 28.6 Å². The minimum atomic E-state index is -0.0156. The zero-order valence-corrected chi connectivity index (χ0v) is 11.3. The Hall–Kier alpha value is -1.57. The molecule has 2 N–H and O–H groups in total. The average molecular weight is 278 g/mol. The Morgan fingerprint density at radius 3 is 3.11 bits per heavy atom. The van der Waals surface area contributed by atoms with Crippen molar-refractivity contribution >= 4 is 23.2 Å². The van der Waals surface area contributed by atoms with Gasteiger partial charge in [0, 0.05) is 12.1 Å². The summed E-state index contributed by atoms with van der Waals surface area (Å²) in [7, 11) is 0. The molecular weight excluding hydrogens is 262 g/mol. The highest BCUT2D eigenvalue weighted by Crippen LogP contribution is 2.20. The summed E-state index contributed by atoms with van der Waals surface area (Å²) in [5.41, 5.74) is 0.995. The number of hydrogen-bond donors (Lipinski definition) is 2. The summed E-state index contributed by atoms with van der Waals surface area (Å²) in [5.74, 6) is 0.587. The molecule has 1 aliphatic rings. The average Bonchev–Trinajstić information content (AvgIpc) is 2.92. The zero-order valence-electron chi connectivity index (χ0n) is 10.6. The van der Waals surface area contributed by atoms with Crippen molar-refractivity contribution < 1.29 is 4.79 Å². The predicted octanol–water partition coefficient (Wildman–Crippen LogP) is 2.54. The maximum Gasteiger partial charge on any atom is 0.224 e. The maximum atomic E-state index is 11.8. The van der Waals surface area contributed by atoms with Gasteiger partial charge in [-0.25, -0.2) is 0 Å². The molecule has 1 aliphatic heterocycles. The number of anilines is 1. The first-order chi connectivity index (χ1) is 9.19. The summed E-state index contributed by atoms with van der Waals surface area (Å²) in [5, 5.41) is 15.4. The van der Waals surface area contributed by atoms with Gasteiger partial charge < -0.3 is 10.6 Å². The van der Waals surface area contributed by atoms with Gasteiger partial charge in [-0.05, 0) is 50.0 Å². The molecular formula is C14H16ClN3O. The van der Waals surface area contributed by atoms with E-state index in [9.17, 15) is 4.79 Å². The Labute approximate surface area is 117 Å². The molecule has 1 aromatic rings. The lowest BCUT2D eigenvalue weighted by atomic mass is 10.0. The lowest BCUT2D eigenvalue weighted by Gasteiger charge is -2.09. The van der Waals surface area contributed by atoms with E-state index in [0.717, 1.165) is 25.9 Å². The van der Waals surface area contributed by atoms with Crippen LogP contribution in [0.15, 0.2) is 18.2 Å². The second kappa shape index (κ2) is 6.55. The van der Waals surface area contributed by atoms with Crippen LogP contribution in [0, 0.1) is 17.2 Å². The lowest BCUT2D eigenvalue weighted by Crippen LogP contribution is -2.15. The van der Waals surface area contributed by atoms with Gasteiger partial charge in [-0.1, -0.05) is 11.6 Å². The highest BCUT2D eigenvalue weighted by atomic mass is 35.5. The Bertz CT molecular complexity index is 504. The monoisotopic (exact) mass is 277 g/mol. The van der Waals surface area contributed by atoms with Crippen LogP contribution in [-0.2, 0) is 4.79 Å². The molecule has 2 rings (SSSR count). The van der Waals surface area contributed by atoms with E-state index in [4.69, 9.17) is 16.9 Å². The fourth-order valence-corrected chi connectivity index (χ4v) is 2.37. The molecule has 0 aromatic heterocycles.